The van der Waals surface area contributed by atoms with Gasteiger partial charge in [0.1, 0.15) is 11.5 Å². The first-order chi connectivity index (χ1) is 12.1. The number of amides is 1. The summed E-state index contributed by atoms with van der Waals surface area (Å²) in [6, 6.07) is 8.01. The van der Waals surface area contributed by atoms with Gasteiger partial charge in [0.2, 0.25) is 5.91 Å². The number of esters is 1. The molecule has 2 fully saturated rings. The lowest BCUT2D eigenvalue weighted by Gasteiger charge is -2.22. The summed E-state index contributed by atoms with van der Waals surface area (Å²) in [6.45, 7) is 4.88. The summed E-state index contributed by atoms with van der Waals surface area (Å²) in [6.07, 6.45) is 5.25. The van der Waals surface area contributed by atoms with Gasteiger partial charge in [-0.25, -0.2) is 0 Å². The summed E-state index contributed by atoms with van der Waals surface area (Å²) in [5.74, 6) is -1.39. The number of carbonyl (C=O) groups excluding carboxylic acids is 2. The van der Waals surface area contributed by atoms with Crippen molar-refractivity contribution in [2.24, 2.45) is 11.8 Å². The van der Waals surface area contributed by atoms with Crippen molar-refractivity contribution in [1.82, 2.24) is 0 Å². The quantitative estimate of drug-likeness (QED) is 0.610. The Bertz CT molecular complexity index is 726. The third kappa shape index (κ3) is 2.41. The van der Waals surface area contributed by atoms with Gasteiger partial charge in [0.25, 0.3) is 0 Å². The second kappa shape index (κ2) is 5.99. The van der Waals surface area contributed by atoms with Crippen LogP contribution < -0.4 is 4.90 Å². The molecule has 3 aliphatic heterocycles. The van der Waals surface area contributed by atoms with Crippen molar-refractivity contribution in [2.75, 3.05) is 18.1 Å². The number of hydrogen-bond donors (Lipinski definition) is 0. The number of aryl methyl sites for hydroxylation is 1. The molecule has 4 atom stereocenters. The molecule has 1 aromatic carbocycles. The van der Waals surface area contributed by atoms with Crippen LogP contribution in [0.4, 0.5) is 5.69 Å². The second-order valence-corrected chi connectivity index (χ2v) is 7.01. The molecule has 3 aliphatic rings. The molecule has 0 aliphatic carbocycles. The van der Waals surface area contributed by atoms with Crippen LogP contribution in [-0.4, -0.2) is 36.7 Å². The summed E-state index contributed by atoms with van der Waals surface area (Å²) >= 11 is 0. The second-order valence-electron chi connectivity index (χ2n) is 7.01. The first kappa shape index (κ1) is 16.3. The molecule has 3 heterocycles. The minimum Gasteiger partial charge on any atom is -0.465 e. The Morgan fingerprint density at radius 3 is 2.76 bits per heavy atom. The van der Waals surface area contributed by atoms with Gasteiger partial charge in [0.15, 0.2) is 0 Å². The van der Waals surface area contributed by atoms with Gasteiger partial charge in [0.05, 0.1) is 25.2 Å². The minimum atomic E-state index is -0.693. The Kier molecular flexibility index (Phi) is 3.91. The Morgan fingerprint density at radius 1 is 1.32 bits per heavy atom. The van der Waals surface area contributed by atoms with Gasteiger partial charge in [-0.3, -0.25) is 9.59 Å². The van der Waals surface area contributed by atoms with Crippen molar-refractivity contribution in [2.45, 2.75) is 38.4 Å². The third-order valence-electron chi connectivity index (χ3n) is 5.48. The Balaban J connectivity index is 1.61. The summed E-state index contributed by atoms with van der Waals surface area (Å²) in [5, 5.41) is 0. The van der Waals surface area contributed by atoms with Gasteiger partial charge in [0, 0.05) is 5.69 Å². The smallest absolute Gasteiger partial charge is 0.312 e. The largest absolute Gasteiger partial charge is 0.465 e. The van der Waals surface area contributed by atoms with E-state index in [2.05, 4.69) is 6.92 Å². The van der Waals surface area contributed by atoms with Crippen molar-refractivity contribution < 1.29 is 19.1 Å². The maximum Gasteiger partial charge on any atom is 0.312 e. The summed E-state index contributed by atoms with van der Waals surface area (Å²) in [7, 11) is 0. The first-order valence-corrected chi connectivity index (χ1v) is 9.04. The van der Waals surface area contributed by atoms with Crippen LogP contribution >= 0.6 is 0 Å². The van der Waals surface area contributed by atoms with E-state index in [1.807, 2.05) is 43.3 Å². The van der Waals surface area contributed by atoms with E-state index in [1.54, 1.807) is 4.90 Å². The van der Waals surface area contributed by atoms with E-state index < -0.39 is 17.4 Å². The van der Waals surface area contributed by atoms with Crippen LogP contribution in [0.25, 0.3) is 0 Å². The van der Waals surface area contributed by atoms with E-state index in [9.17, 15) is 9.59 Å². The molecule has 5 nitrogen and oxygen atoms in total. The molecule has 25 heavy (non-hydrogen) atoms. The third-order valence-corrected chi connectivity index (χ3v) is 5.48. The number of ether oxygens (including phenoxy) is 2. The summed E-state index contributed by atoms with van der Waals surface area (Å²) in [4.78, 5) is 27.4. The van der Waals surface area contributed by atoms with Crippen LogP contribution in [0.15, 0.2) is 36.4 Å². The zero-order valence-electron chi connectivity index (χ0n) is 14.6. The van der Waals surface area contributed by atoms with Gasteiger partial charge in [-0.2, -0.15) is 0 Å². The molecule has 0 N–H and O–H groups in total. The van der Waals surface area contributed by atoms with E-state index in [-0.39, 0.29) is 18.0 Å². The maximum absolute atomic E-state index is 13.1. The number of anilines is 1. The van der Waals surface area contributed by atoms with Crippen molar-refractivity contribution in [1.29, 1.82) is 0 Å². The monoisotopic (exact) mass is 341 g/mol. The van der Waals surface area contributed by atoms with E-state index >= 15 is 0 Å². The Labute approximate surface area is 147 Å². The van der Waals surface area contributed by atoms with Crippen LogP contribution in [-0.2, 0) is 25.5 Å². The zero-order chi connectivity index (χ0) is 17.6. The predicted molar refractivity (Wildman–Crippen MR) is 93.1 cm³/mol. The van der Waals surface area contributed by atoms with E-state index in [0.29, 0.717) is 13.2 Å². The van der Waals surface area contributed by atoms with Crippen LogP contribution in [0.2, 0.25) is 0 Å². The normalized spacial score (nSPS) is 32.3. The van der Waals surface area contributed by atoms with Gasteiger partial charge >= 0.3 is 5.97 Å². The molecule has 2 bridgehead atoms. The number of carbonyl (C=O) groups is 2. The highest BCUT2D eigenvalue weighted by atomic mass is 16.6. The highest BCUT2D eigenvalue weighted by Crippen LogP contribution is 2.52. The van der Waals surface area contributed by atoms with Gasteiger partial charge in [-0.05, 0) is 30.5 Å². The molecule has 1 amide bonds. The first-order valence-electron chi connectivity index (χ1n) is 9.04. The molecule has 1 spiro atoms. The maximum atomic E-state index is 13.1. The fraction of sp³-hybridized carbons (Fsp3) is 0.500. The highest BCUT2D eigenvalue weighted by molar-refractivity contribution is 6.02. The lowest BCUT2D eigenvalue weighted by atomic mass is 9.77. The number of nitrogens with zero attached hydrogens (tertiary/aromatic N) is 1. The van der Waals surface area contributed by atoms with Crippen molar-refractivity contribution >= 4 is 17.6 Å². The molecular weight excluding hydrogens is 318 g/mol. The van der Waals surface area contributed by atoms with Crippen molar-refractivity contribution in [3.05, 3.63) is 42.0 Å². The number of hydrogen-bond acceptors (Lipinski definition) is 4. The number of benzene rings is 1. The van der Waals surface area contributed by atoms with Gasteiger partial charge < -0.3 is 14.4 Å². The van der Waals surface area contributed by atoms with E-state index in [0.717, 1.165) is 18.5 Å². The molecule has 132 valence electrons. The fourth-order valence-electron chi connectivity index (χ4n) is 4.20. The average Bonchev–Trinajstić information content (AvgIpc) is 3.28. The topological polar surface area (TPSA) is 55.8 Å². The van der Waals surface area contributed by atoms with Crippen molar-refractivity contribution in [3.63, 3.8) is 0 Å². The molecule has 0 aromatic heterocycles. The zero-order valence-corrected chi connectivity index (χ0v) is 14.6. The fourth-order valence-corrected chi connectivity index (χ4v) is 4.20. The highest BCUT2D eigenvalue weighted by Gasteiger charge is 2.67. The van der Waals surface area contributed by atoms with Crippen LogP contribution in [0.3, 0.4) is 0 Å². The van der Waals surface area contributed by atoms with E-state index in [1.165, 1.54) is 5.56 Å². The van der Waals surface area contributed by atoms with Crippen LogP contribution in [0, 0.1) is 11.8 Å². The summed E-state index contributed by atoms with van der Waals surface area (Å²) < 4.78 is 11.4. The molecule has 2 saturated heterocycles. The van der Waals surface area contributed by atoms with E-state index in [4.69, 9.17) is 9.47 Å². The SMILES string of the molecule is CCCOC(=O)[C@@H]1[C@@H]2C=C[C@]3(CN(c4ccc(CC)cc4)C(=O)[C@H]13)O2. The molecule has 0 radical (unpaired) electrons. The van der Waals surface area contributed by atoms with Gasteiger partial charge in [-0.15, -0.1) is 0 Å². The lowest BCUT2D eigenvalue weighted by molar-refractivity contribution is -0.152. The molecule has 0 saturated carbocycles. The molecule has 4 rings (SSSR count). The van der Waals surface area contributed by atoms with Crippen LogP contribution in [0.5, 0.6) is 0 Å². The molecule has 1 aromatic rings. The Hall–Kier alpha value is -2.14. The van der Waals surface area contributed by atoms with Crippen molar-refractivity contribution in [3.8, 4) is 0 Å². The van der Waals surface area contributed by atoms with Crippen LogP contribution in [0.1, 0.15) is 25.8 Å². The van der Waals surface area contributed by atoms with Gasteiger partial charge in [-0.1, -0.05) is 38.1 Å². The molecule has 5 heteroatoms. The summed E-state index contributed by atoms with van der Waals surface area (Å²) in [5.41, 5.74) is 1.39. The average molecular weight is 341 g/mol. The minimum absolute atomic E-state index is 0.0467. The molecule has 0 unspecified atom stereocenters. The number of fused-ring (bicyclic) bond motifs is 1. The number of rotatable bonds is 5. The predicted octanol–water partition coefficient (Wildman–Crippen LogP) is 2.49. The standard InChI is InChI=1S/C20H23NO4/c1-3-11-24-19(23)16-15-9-10-20(25-15)12-21(18(22)17(16)20)14-7-5-13(4-2)6-8-14/h5-10,15-17H,3-4,11-12H2,1-2H3/t15-,16+,17-,20+/m0/s1. The lowest BCUT2D eigenvalue weighted by Crippen LogP contribution is -2.40. The Morgan fingerprint density at radius 2 is 2.08 bits per heavy atom. The molecular formula is C20H23NO4.